The van der Waals surface area contributed by atoms with Gasteiger partial charge in [-0.3, -0.25) is 9.48 Å². The first-order valence-corrected chi connectivity index (χ1v) is 11.4. The van der Waals surface area contributed by atoms with Crippen LogP contribution in [0.3, 0.4) is 0 Å². The van der Waals surface area contributed by atoms with E-state index in [4.69, 9.17) is 0 Å². The third kappa shape index (κ3) is 3.45. The number of aromatic nitrogens is 2. The summed E-state index contributed by atoms with van der Waals surface area (Å²) in [6, 6.07) is 8.60. The molecule has 0 radical (unpaired) electrons. The number of nitrogens with zero attached hydrogens (tertiary/aromatic N) is 3. The number of carbonyl (C=O) groups excluding carboxylic acids is 1. The van der Waals surface area contributed by atoms with Crippen LogP contribution in [0, 0.1) is 6.92 Å². The van der Waals surface area contributed by atoms with Crippen molar-refractivity contribution in [2.75, 3.05) is 13.1 Å². The molecule has 3 heterocycles. The molecule has 1 saturated heterocycles. The van der Waals surface area contributed by atoms with Gasteiger partial charge in [0.25, 0.3) is 5.91 Å². The van der Waals surface area contributed by atoms with Crippen LogP contribution in [0.25, 0.3) is 10.2 Å². The van der Waals surface area contributed by atoms with Gasteiger partial charge in [0.15, 0.2) is 0 Å². The zero-order chi connectivity index (χ0) is 19.9. The molecule has 148 valence electrons. The van der Waals surface area contributed by atoms with Gasteiger partial charge >= 0.3 is 0 Å². The van der Waals surface area contributed by atoms with E-state index in [1.54, 1.807) is 28.9 Å². The second-order valence-corrected chi connectivity index (χ2v) is 9.94. The number of amides is 1. The quantitative estimate of drug-likeness (QED) is 0.690. The zero-order valence-electron chi connectivity index (χ0n) is 15.8. The fourth-order valence-corrected chi connectivity index (χ4v) is 6.00. The Labute approximate surface area is 168 Å². The Kier molecular flexibility index (Phi) is 4.98. The van der Waals surface area contributed by atoms with Gasteiger partial charge in [-0.2, -0.15) is 9.40 Å². The Hall–Kier alpha value is -2.23. The number of aryl methyl sites for hydroxylation is 2. The molecule has 0 unspecified atom stereocenters. The molecule has 4 rings (SSSR count). The van der Waals surface area contributed by atoms with Crippen molar-refractivity contribution in [3.8, 4) is 0 Å². The summed E-state index contributed by atoms with van der Waals surface area (Å²) in [4.78, 5) is 14.4. The van der Waals surface area contributed by atoms with Crippen molar-refractivity contribution in [3.63, 3.8) is 0 Å². The minimum Gasteiger partial charge on any atom is -0.347 e. The largest absolute Gasteiger partial charge is 0.347 e. The van der Waals surface area contributed by atoms with Gasteiger partial charge in [-0.25, -0.2) is 8.42 Å². The number of carbonyl (C=O) groups is 1. The molecule has 1 aliphatic rings. The van der Waals surface area contributed by atoms with Crippen molar-refractivity contribution in [3.05, 3.63) is 46.5 Å². The SMILES string of the molecule is Cc1nn(C)c2sc(C(=O)NCc3ccc(S(=O)(=O)N4CCCC4)cc3)cc12. The number of benzene rings is 1. The molecule has 0 spiro atoms. The molecule has 1 aliphatic heterocycles. The average molecular weight is 419 g/mol. The average Bonchev–Trinajstić information content (AvgIpc) is 3.40. The van der Waals surface area contributed by atoms with Gasteiger partial charge in [-0.1, -0.05) is 12.1 Å². The van der Waals surface area contributed by atoms with Crippen molar-refractivity contribution in [1.82, 2.24) is 19.4 Å². The third-order valence-corrected chi connectivity index (χ3v) is 8.11. The maximum atomic E-state index is 12.6. The maximum Gasteiger partial charge on any atom is 0.261 e. The smallest absolute Gasteiger partial charge is 0.261 e. The predicted octanol–water partition coefficient (Wildman–Crippen LogP) is 2.66. The molecule has 1 amide bonds. The molecule has 0 atom stereocenters. The van der Waals surface area contributed by atoms with Crippen molar-refractivity contribution < 1.29 is 13.2 Å². The summed E-state index contributed by atoms with van der Waals surface area (Å²) in [6.07, 6.45) is 1.83. The second kappa shape index (κ2) is 7.31. The molecular formula is C19H22N4O3S2. The van der Waals surface area contributed by atoms with Gasteiger partial charge in [0.05, 0.1) is 15.5 Å². The van der Waals surface area contributed by atoms with Gasteiger partial charge in [-0.05, 0) is 43.5 Å². The molecule has 7 nitrogen and oxygen atoms in total. The Morgan fingerprint density at radius 3 is 2.54 bits per heavy atom. The monoisotopic (exact) mass is 418 g/mol. The lowest BCUT2D eigenvalue weighted by Crippen LogP contribution is -2.27. The summed E-state index contributed by atoms with van der Waals surface area (Å²) in [5.74, 6) is -0.144. The van der Waals surface area contributed by atoms with E-state index in [2.05, 4.69) is 10.4 Å². The first kappa shape index (κ1) is 19.1. The van der Waals surface area contributed by atoms with Gasteiger partial charge in [0.1, 0.15) is 4.83 Å². The van der Waals surface area contributed by atoms with Crippen LogP contribution in [0.5, 0.6) is 0 Å². The highest BCUT2D eigenvalue weighted by molar-refractivity contribution is 7.89. The van der Waals surface area contributed by atoms with Gasteiger partial charge < -0.3 is 5.32 Å². The van der Waals surface area contributed by atoms with Crippen LogP contribution < -0.4 is 5.32 Å². The summed E-state index contributed by atoms with van der Waals surface area (Å²) < 4.78 is 28.4. The zero-order valence-corrected chi connectivity index (χ0v) is 17.4. The van der Waals surface area contributed by atoms with Gasteiger partial charge in [-0.15, -0.1) is 11.3 Å². The van der Waals surface area contributed by atoms with Crippen LogP contribution in [0.1, 0.15) is 33.8 Å². The summed E-state index contributed by atoms with van der Waals surface area (Å²) in [6.45, 7) is 3.44. The molecule has 1 aromatic carbocycles. The van der Waals surface area contributed by atoms with E-state index in [1.807, 2.05) is 20.0 Å². The molecule has 0 bridgehead atoms. The Morgan fingerprint density at radius 1 is 1.21 bits per heavy atom. The first-order valence-electron chi connectivity index (χ1n) is 9.17. The van der Waals surface area contributed by atoms with Crippen molar-refractivity contribution in [2.45, 2.75) is 31.2 Å². The van der Waals surface area contributed by atoms with E-state index < -0.39 is 10.0 Å². The van der Waals surface area contributed by atoms with Crippen LogP contribution >= 0.6 is 11.3 Å². The predicted molar refractivity (Wildman–Crippen MR) is 109 cm³/mol. The fraction of sp³-hybridized carbons (Fsp3) is 0.368. The van der Waals surface area contributed by atoms with Crippen molar-refractivity contribution in [2.24, 2.45) is 7.05 Å². The van der Waals surface area contributed by atoms with Crippen LogP contribution in [0.15, 0.2) is 35.2 Å². The number of thiophene rings is 1. The molecule has 9 heteroatoms. The minimum atomic E-state index is -3.41. The number of nitrogens with one attached hydrogen (secondary N) is 1. The second-order valence-electron chi connectivity index (χ2n) is 6.98. The Bertz CT molecular complexity index is 1090. The topological polar surface area (TPSA) is 84.3 Å². The first-order chi connectivity index (χ1) is 13.4. The standard InChI is InChI=1S/C19H22N4O3S2/c1-13-16-11-17(27-19(16)22(2)21-13)18(24)20-12-14-5-7-15(8-6-14)28(25,26)23-9-3-4-10-23/h5-8,11H,3-4,9-10,12H2,1-2H3,(H,20,24). The number of sulfonamides is 1. The van der Waals surface area contributed by atoms with E-state index in [1.165, 1.54) is 15.6 Å². The summed E-state index contributed by atoms with van der Waals surface area (Å²) in [5, 5.41) is 8.24. The highest BCUT2D eigenvalue weighted by Gasteiger charge is 2.26. The number of hydrogen-bond acceptors (Lipinski definition) is 5. The molecule has 3 aromatic rings. The molecule has 1 N–H and O–H groups in total. The number of hydrogen-bond donors (Lipinski definition) is 1. The Balaban J connectivity index is 1.43. The van der Waals surface area contributed by atoms with Crippen LogP contribution in [0.4, 0.5) is 0 Å². The Morgan fingerprint density at radius 2 is 1.89 bits per heavy atom. The lowest BCUT2D eigenvalue weighted by Gasteiger charge is -2.15. The molecule has 0 aliphatic carbocycles. The molecule has 1 fully saturated rings. The fourth-order valence-electron chi connectivity index (χ4n) is 3.44. The van der Waals surface area contributed by atoms with Crippen LogP contribution in [-0.4, -0.2) is 41.5 Å². The van der Waals surface area contributed by atoms with Gasteiger partial charge in [0.2, 0.25) is 10.0 Å². The van der Waals surface area contributed by atoms with E-state index in [9.17, 15) is 13.2 Å². The summed E-state index contributed by atoms with van der Waals surface area (Å²) >= 11 is 1.41. The highest BCUT2D eigenvalue weighted by atomic mass is 32.2. The highest BCUT2D eigenvalue weighted by Crippen LogP contribution is 2.27. The van der Waals surface area contributed by atoms with Crippen LogP contribution in [0.2, 0.25) is 0 Å². The maximum absolute atomic E-state index is 12.6. The molecule has 2 aromatic heterocycles. The number of fused-ring (bicyclic) bond motifs is 1. The number of rotatable bonds is 5. The summed E-state index contributed by atoms with van der Waals surface area (Å²) in [7, 11) is -1.54. The van der Waals surface area contributed by atoms with E-state index >= 15 is 0 Å². The van der Waals surface area contributed by atoms with Gasteiger partial charge in [0, 0.05) is 32.1 Å². The van der Waals surface area contributed by atoms with Crippen molar-refractivity contribution in [1.29, 1.82) is 0 Å². The lowest BCUT2D eigenvalue weighted by molar-refractivity contribution is 0.0955. The molecule has 28 heavy (non-hydrogen) atoms. The molecular weight excluding hydrogens is 396 g/mol. The van der Waals surface area contributed by atoms with E-state index in [0.717, 1.165) is 34.3 Å². The van der Waals surface area contributed by atoms with Crippen molar-refractivity contribution >= 4 is 37.5 Å². The molecule has 0 saturated carbocycles. The van der Waals surface area contributed by atoms with Crippen LogP contribution in [-0.2, 0) is 23.6 Å². The van der Waals surface area contributed by atoms with E-state index in [0.29, 0.717) is 29.4 Å². The normalized spacial score (nSPS) is 15.4. The van der Waals surface area contributed by atoms with E-state index in [-0.39, 0.29) is 5.91 Å². The third-order valence-electron chi connectivity index (χ3n) is 5.00. The summed E-state index contributed by atoms with van der Waals surface area (Å²) in [5.41, 5.74) is 1.76. The lowest BCUT2D eigenvalue weighted by atomic mass is 10.2. The minimum absolute atomic E-state index is 0.144.